The standard InChI is InChI=1S/C8H5F3N2O.C5H5F3O2/c1-4-2-6(8(9,10)11)5(3-12)7(14)13-4;1-3(9)2-4(10)5(6,7)8/h2H,1H3,(H,13,14);2H2,1H3. The van der Waals surface area contributed by atoms with E-state index in [0.717, 1.165) is 13.0 Å². The van der Waals surface area contributed by atoms with Crippen LogP contribution in [-0.2, 0) is 15.8 Å². The molecule has 1 rings (SSSR count). The molecule has 1 heterocycles. The number of alkyl halides is 6. The van der Waals surface area contributed by atoms with Gasteiger partial charge in [0.1, 0.15) is 17.4 Å². The Morgan fingerprint density at radius 3 is 2.00 bits per heavy atom. The highest BCUT2D eigenvalue weighted by Crippen LogP contribution is 2.30. The minimum absolute atomic E-state index is 0.0707. The van der Waals surface area contributed by atoms with E-state index >= 15 is 0 Å². The lowest BCUT2D eigenvalue weighted by atomic mass is 10.1. The second-order valence-corrected chi connectivity index (χ2v) is 4.48. The van der Waals surface area contributed by atoms with Gasteiger partial charge in [-0.15, -0.1) is 0 Å². The Morgan fingerprint density at radius 1 is 1.21 bits per heavy atom. The van der Waals surface area contributed by atoms with Crippen LogP contribution < -0.4 is 5.56 Å². The molecule has 1 aromatic rings. The summed E-state index contributed by atoms with van der Waals surface area (Å²) >= 11 is 0. The van der Waals surface area contributed by atoms with E-state index in [-0.39, 0.29) is 5.69 Å². The monoisotopic (exact) mass is 356 g/mol. The maximum Gasteiger partial charge on any atom is 0.450 e. The number of halogens is 6. The second kappa shape index (κ2) is 7.76. The molecule has 5 nitrogen and oxygen atoms in total. The molecular formula is C13H10F6N2O3. The zero-order valence-electron chi connectivity index (χ0n) is 12.2. The van der Waals surface area contributed by atoms with E-state index in [0.29, 0.717) is 0 Å². The Hall–Kier alpha value is -2.64. The number of pyridine rings is 1. The third-order valence-corrected chi connectivity index (χ3v) is 2.31. The predicted octanol–water partition coefficient (Wildman–Crippen LogP) is 2.67. The number of carbonyl (C=O) groups excluding carboxylic acids is 2. The lowest BCUT2D eigenvalue weighted by Crippen LogP contribution is -2.24. The summed E-state index contributed by atoms with van der Waals surface area (Å²) in [6, 6.07) is 1.97. The van der Waals surface area contributed by atoms with Crippen molar-refractivity contribution in [3.05, 3.63) is 33.2 Å². The molecule has 0 amide bonds. The van der Waals surface area contributed by atoms with Gasteiger partial charge >= 0.3 is 12.4 Å². The number of aromatic nitrogens is 1. The topological polar surface area (TPSA) is 90.8 Å². The molecule has 1 N–H and O–H groups in total. The van der Waals surface area contributed by atoms with Gasteiger partial charge in [0.2, 0.25) is 5.78 Å². The van der Waals surface area contributed by atoms with Gasteiger partial charge in [0.05, 0.1) is 12.0 Å². The van der Waals surface area contributed by atoms with Gasteiger partial charge in [-0.2, -0.15) is 31.6 Å². The van der Waals surface area contributed by atoms with Crippen molar-refractivity contribution >= 4 is 11.6 Å². The molecule has 0 aromatic carbocycles. The molecule has 0 aliphatic heterocycles. The highest BCUT2D eigenvalue weighted by molar-refractivity contribution is 6.00. The Morgan fingerprint density at radius 2 is 1.71 bits per heavy atom. The van der Waals surface area contributed by atoms with E-state index in [4.69, 9.17) is 5.26 Å². The van der Waals surface area contributed by atoms with Crippen LogP contribution in [0.25, 0.3) is 0 Å². The Bertz CT molecular complexity index is 725. The number of hydrogen-bond acceptors (Lipinski definition) is 4. The number of nitrogens with one attached hydrogen (secondary N) is 1. The highest BCUT2D eigenvalue weighted by Gasteiger charge is 2.38. The number of nitrogens with zero attached hydrogens (tertiary/aromatic N) is 1. The van der Waals surface area contributed by atoms with Crippen molar-refractivity contribution in [2.75, 3.05) is 0 Å². The lowest BCUT2D eigenvalue weighted by Gasteiger charge is -2.08. The van der Waals surface area contributed by atoms with E-state index in [1.54, 1.807) is 0 Å². The van der Waals surface area contributed by atoms with Crippen molar-refractivity contribution in [2.45, 2.75) is 32.6 Å². The quantitative estimate of drug-likeness (QED) is 0.652. The fourth-order valence-electron chi connectivity index (χ4n) is 1.35. The Kier molecular flexibility index (Phi) is 6.91. The molecule has 24 heavy (non-hydrogen) atoms. The Balaban J connectivity index is 0.000000470. The van der Waals surface area contributed by atoms with Gasteiger partial charge in [0.25, 0.3) is 5.56 Å². The van der Waals surface area contributed by atoms with Crippen molar-refractivity contribution in [3.63, 3.8) is 0 Å². The van der Waals surface area contributed by atoms with Gasteiger partial charge in [-0.25, -0.2) is 0 Å². The van der Waals surface area contributed by atoms with Gasteiger partial charge in [0.15, 0.2) is 0 Å². The Labute approximate surface area is 130 Å². The summed E-state index contributed by atoms with van der Waals surface area (Å²) in [7, 11) is 0. The number of aryl methyl sites for hydroxylation is 1. The number of aromatic amines is 1. The molecular weight excluding hydrogens is 346 g/mol. The van der Waals surface area contributed by atoms with Crippen LogP contribution in [-0.4, -0.2) is 22.7 Å². The predicted molar refractivity (Wildman–Crippen MR) is 67.9 cm³/mol. The maximum atomic E-state index is 12.3. The molecule has 0 aliphatic rings. The van der Waals surface area contributed by atoms with E-state index in [1.165, 1.54) is 13.0 Å². The largest absolute Gasteiger partial charge is 0.450 e. The first-order valence-corrected chi connectivity index (χ1v) is 6.00. The van der Waals surface area contributed by atoms with Crippen molar-refractivity contribution in [1.82, 2.24) is 4.98 Å². The van der Waals surface area contributed by atoms with Gasteiger partial charge in [0, 0.05) is 5.69 Å². The van der Waals surface area contributed by atoms with Crippen molar-refractivity contribution in [2.24, 2.45) is 0 Å². The van der Waals surface area contributed by atoms with Crippen molar-refractivity contribution in [3.8, 4) is 6.07 Å². The first-order chi connectivity index (χ1) is 10.7. The van der Waals surface area contributed by atoms with Crippen LogP contribution in [0, 0.1) is 18.3 Å². The average Bonchev–Trinajstić information content (AvgIpc) is 2.35. The molecule has 0 aliphatic carbocycles. The summed E-state index contributed by atoms with van der Waals surface area (Å²) in [4.78, 5) is 33.0. The zero-order chi connectivity index (χ0) is 19.3. The normalized spacial score (nSPS) is 11.1. The minimum atomic E-state index is -4.87. The first kappa shape index (κ1) is 21.4. The summed E-state index contributed by atoms with van der Waals surface area (Å²) in [5, 5.41) is 8.38. The number of rotatable bonds is 2. The molecule has 0 bridgehead atoms. The molecule has 0 unspecified atom stereocenters. The molecule has 0 radical (unpaired) electrons. The summed E-state index contributed by atoms with van der Waals surface area (Å²) < 4.78 is 70.8. The molecule has 0 spiro atoms. The first-order valence-electron chi connectivity index (χ1n) is 6.00. The van der Waals surface area contributed by atoms with E-state index in [1.807, 2.05) is 0 Å². The summed E-state index contributed by atoms with van der Waals surface area (Å²) in [6.07, 6.45) is -10.6. The van der Waals surface area contributed by atoms with Crippen LogP contribution in [0.15, 0.2) is 10.9 Å². The van der Waals surface area contributed by atoms with Crippen molar-refractivity contribution in [1.29, 1.82) is 5.26 Å². The molecule has 132 valence electrons. The number of H-pyrrole nitrogens is 1. The SMILES string of the molecule is CC(=O)CC(=O)C(F)(F)F.Cc1cc(C(F)(F)F)c(C#N)c(=O)[nH]1. The number of hydrogen-bond donors (Lipinski definition) is 1. The minimum Gasteiger partial charge on any atom is -0.325 e. The molecule has 0 saturated heterocycles. The molecule has 0 atom stereocenters. The average molecular weight is 356 g/mol. The lowest BCUT2D eigenvalue weighted by molar-refractivity contribution is -0.171. The van der Waals surface area contributed by atoms with Gasteiger partial charge in [-0.1, -0.05) is 0 Å². The second-order valence-electron chi connectivity index (χ2n) is 4.48. The molecule has 1 aromatic heterocycles. The maximum absolute atomic E-state index is 12.3. The summed E-state index contributed by atoms with van der Waals surface area (Å²) in [6.45, 7) is 2.25. The summed E-state index contributed by atoms with van der Waals surface area (Å²) in [5.41, 5.74) is -3.04. The fraction of sp³-hybridized carbons (Fsp3) is 0.385. The smallest absolute Gasteiger partial charge is 0.325 e. The fourth-order valence-corrected chi connectivity index (χ4v) is 1.35. The number of carbonyl (C=O) groups is 2. The van der Waals surface area contributed by atoms with Gasteiger partial charge in [-0.05, 0) is 19.9 Å². The zero-order valence-corrected chi connectivity index (χ0v) is 12.2. The summed E-state index contributed by atoms with van der Waals surface area (Å²) in [5.74, 6) is -2.76. The van der Waals surface area contributed by atoms with Crippen LogP contribution in [0.3, 0.4) is 0 Å². The molecule has 0 saturated carbocycles. The van der Waals surface area contributed by atoms with Crippen LogP contribution in [0.2, 0.25) is 0 Å². The van der Waals surface area contributed by atoms with Gasteiger partial charge < -0.3 is 4.98 Å². The molecule has 11 heteroatoms. The van der Waals surface area contributed by atoms with Crippen molar-refractivity contribution < 1.29 is 35.9 Å². The number of nitriles is 1. The van der Waals surface area contributed by atoms with Crippen LogP contribution in [0.5, 0.6) is 0 Å². The third kappa shape index (κ3) is 6.64. The van der Waals surface area contributed by atoms with E-state index in [9.17, 15) is 40.7 Å². The van der Waals surface area contributed by atoms with Gasteiger partial charge in [-0.3, -0.25) is 14.4 Å². The van der Waals surface area contributed by atoms with Crippen LogP contribution >= 0.6 is 0 Å². The molecule has 0 fully saturated rings. The van der Waals surface area contributed by atoms with Crippen LogP contribution in [0.4, 0.5) is 26.3 Å². The van der Waals surface area contributed by atoms with E-state index in [2.05, 4.69) is 4.98 Å². The number of Topliss-reactive ketones (excluding diaryl/α,β-unsaturated/α-hetero) is 2. The van der Waals surface area contributed by atoms with Crippen LogP contribution in [0.1, 0.15) is 30.2 Å². The highest BCUT2D eigenvalue weighted by atomic mass is 19.4. The number of ketones is 2. The van der Waals surface area contributed by atoms with E-state index < -0.39 is 47.0 Å². The third-order valence-electron chi connectivity index (χ3n) is 2.31.